The zero-order chi connectivity index (χ0) is 17.5. The Morgan fingerprint density at radius 2 is 1.88 bits per heavy atom. The summed E-state index contributed by atoms with van der Waals surface area (Å²) in [7, 11) is 1.59. The lowest BCUT2D eigenvalue weighted by Crippen LogP contribution is -2.17. The van der Waals surface area contributed by atoms with Crippen LogP contribution in [0, 0.1) is 15.9 Å². The maximum Gasteiger partial charge on any atom is 0.269 e. The van der Waals surface area contributed by atoms with Crippen LogP contribution in [0.25, 0.3) is 0 Å². The molecule has 2 rings (SSSR count). The van der Waals surface area contributed by atoms with Gasteiger partial charge in [0.15, 0.2) is 0 Å². The Labute approximate surface area is 139 Å². The number of amides is 1. The van der Waals surface area contributed by atoms with Gasteiger partial charge in [-0.2, -0.15) is 0 Å². The number of non-ortho nitro benzene ring substituents is 1. The SMILES string of the molecule is CNC(=O)CCCc1ccc([N+](=O)[O-])cc1Cc1ccc(F)cc1. The van der Waals surface area contributed by atoms with E-state index >= 15 is 0 Å². The van der Waals surface area contributed by atoms with Gasteiger partial charge in [0.2, 0.25) is 5.91 Å². The molecule has 1 N–H and O–H groups in total. The van der Waals surface area contributed by atoms with Gasteiger partial charge in [-0.15, -0.1) is 0 Å². The molecule has 0 aliphatic carbocycles. The third kappa shape index (κ3) is 4.87. The van der Waals surface area contributed by atoms with E-state index in [1.807, 2.05) is 0 Å². The number of hydrogen-bond donors (Lipinski definition) is 1. The number of aryl methyl sites for hydroxylation is 1. The van der Waals surface area contributed by atoms with E-state index in [1.165, 1.54) is 18.2 Å². The number of nitrogens with one attached hydrogen (secondary N) is 1. The standard InChI is InChI=1S/C18H19FN2O3/c1-20-18(22)4-2-3-14-7-10-17(21(23)24)12-15(14)11-13-5-8-16(19)9-6-13/h5-10,12H,2-4,11H2,1H3,(H,20,22). The van der Waals surface area contributed by atoms with Crippen LogP contribution >= 0.6 is 0 Å². The average molecular weight is 330 g/mol. The number of benzene rings is 2. The number of carbonyl (C=O) groups is 1. The molecular weight excluding hydrogens is 311 g/mol. The highest BCUT2D eigenvalue weighted by atomic mass is 19.1. The lowest BCUT2D eigenvalue weighted by atomic mass is 9.95. The van der Waals surface area contributed by atoms with E-state index < -0.39 is 4.92 Å². The molecule has 2 aromatic carbocycles. The molecule has 0 heterocycles. The second-order valence-corrected chi connectivity index (χ2v) is 5.54. The lowest BCUT2D eigenvalue weighted by Gasteiger charge is -2.10. The molecular formula is C18H19FN2O3. The normalized spacial score (nSPS) is 10.4. The molecule has 24 heavy (non-hydrogen) atoms. The molecule has 126 valence electrons. The molecule has 0 bridgehead atoms. The molecule has 2 aromatic rings. The van der Waals surface area contributed by atoms with Crippen LogP contribution in [0.2, 0.25) is 0 Å². The lowest BCUT2D eigenvalue weighted by molar-refractivity contribution is -0.384. The van der Waals surface area contributed by atoms with Crippen LogP contribution in [-0.2, 0) is 17.6 Å². The van der Waals surface area contributed by atoms with Crippen LogP contribution < -0.4 is 5.32 Å². The summed E-state index contributed by atoms with van der Waals surface area (Å²) in [6.45, 7) is 0. The summed E-state index contributed by atoms with van der Waals surface area (Å²) < 4.78 is 13.0. The Kier molecular flexibility index (Phi) is 6.01. The summed E-state index contributed by atoms with van der Waals surface area (Å²) in [5.74, 6) is -0.347. The monoisotopic (exact) mass is 330 g/mol. The minimum absolute atomic E-state index is 0.0298. The fraction of sp³-hybridized carbons (Fsp3) is 0.278. The van der Waals surface area contributed by atoms with Gasteiger partial charge in [0, 0.05) is 25.6 Å². The summed E-state index contributed by atoms with van der Waals surface area (Å²) in [5, 5.41) is 13.6. The minimum atomic E-state index is -0.428. The molecule has 6 heteroatoms. The maximum absolute atomic E-state index is 13.0. The van der Waals surface area contributed by atoms with Crippen molar-refractivity contribution in [3.8, 4) is 0 Å². The summed E-state index contributed by atoms with van der Waals surface area (Å²) in [4.78, 5) is 21.9. The Morgan fingerprint density at radius 1 is 1.17 bits per heavy atom. The molecule has 0 fully saturated rings. The van der Waals surface area contributed by atoms with Crippen molar-refractivity contribution in [3.05, 3.63) is 75.1 Å². The predicted octanol–water partition coefficient (Wildman–Crippen LogP) is 3.39. The van der Waals surface area contributed by atoms with Crippen molar-refractivity contribution >= 4 is 11.6 Å². The second kappa shape index (κ2) is 8.19. The van der Waals surface area contributed by atoms with Gasteiger partial charge < -0.3 is 5.32 Å². The predicted molar refractivity (Wildman–Crippen MR) is 89.3 cm³/mol. The van der Waals surface area contributed by atoms with Crippen LogP contribution in [-0.4, -0.2) is 17.9 Å². The van der Waals surface area contributed by atoms with E-state index in [-0.39, 0.29) is 17.4 Å². The number of carbonyl (C=O) groups excluding carboxylic acids is 1. The fourth-order valence-corrected chi connectivity index (χ4v) is 2.52. The van der Waals surface area contributed by atoms with Gasteiger partial charge in [-0.05, 0) is 48.1 Å². The van der Waals surface area contributed by atoms with E-state index in [9.17, 15) is 19.3 Å². The smallest absolute Gasteiger partial charge is 0.269 e. The first-order valence-electron chi connectivity index (χ1n) is 7.71. The topological polar surface area (TPSA) is 72.2 Å². The van der Waals surface area contributed by atoms with Gasteiger partial charge in [0.25, 0.3) is 5.69 Å². The first kappa shape index (κ1) is 17.6. The van der Waals surface area contributed by atoms with Crippen LogP contribution in [0.1, 0.15) is 29.5 Å². The van der Waals surface area contributed by atoms with Crippen molar-refractivity contribution in [2.45, 2.75) is 25.7 Å². The molecule has 1 amide bonds. The Morgan fingerprint density at radius 3 is 2.50 bits per heavy atom. The maximum atomic E-state index is 13.0. The van der Waals surface area contributed by atoms with Gasteiger partial charge in [-0.1, -0.05) is 18.2 Å². The van der Waals surface area contributed by atoms with Crippen LogP contribution in [0.15, 0.2) is 42.5 Å². The van der Waals surface area contributed by atoms with Crippen LogP contribution in [0.4, 0.5) is 10.1 Å². The van der Waals surface area contributed by atoms with Crippen molar-refractivity contribution in [2.24, 2.45) is 0 Å². The van der Waals surface area contributed by atoms with Crippen LogP contribution in [0.3, 0.4) is 0 Å². The molecule has 0 aromatic heterocycles. The molecule has 0 saturated carbocycles. The van der Waals surface area contributed by atoms with Gasteiger partial charge >= 0.3 is 0 Å². The number of nitrogens with zero attached hydrogens (tertiary/aromatic N) is 1. The first-order valence-corrected chi connectivity index (χ1v) is 7.71. The number of nitro benzene ring substituents is 1. The summed E-state index contributed by atoms with van der Waals surface area (Å²) >= 11 is 0. The number of hydrogen-bond acceptors (Lipinski definition) is 3. The Bertz CT molecular complexity index is 730. The van der Waals surface area contributed by atoms with E-state index in [0.717, 1.165) is 16.7 Å². The summed E-state index contributed by atoms with van der Waals surface area (Å²) in [6.07, 6.45) is 2.20. The average Bonchev–Trinajstić information content (AvgIpc) is 2.57. The molecule has 5 nitrogen and oxygen atoms in total. The highest BCUT2D eigenvalue weighted by Crippen LogP contribution is 2.22. The van der Waals surface area contributed by atoms with Gasteiger partial charge in [0.05, 0.1) is 4.92 Å². The number of rotatable bonds is 7. The first-order chi connectivity index (χ1) is 11.5. The van der Waals surface area contributed by atoms with E-state index in [4.69, 9.17) is 0 Å². The summed E-state index contributed by atoms with van der Waals surface area (Å²) in [6, 6.07) is 10.9. The molecule has 0 atom stereocenters. The third-order valence-corrected chi connectivity index (χ3v) is 3.84. The number of nitro groups is 1. The zero-order valence-corrected chi connectivity index (χ0v) is 13.4. The number of halogens is 1. The third-order valence-electron chi connectivity index (χ3n) is 3.84. The summed E-state index contributed by atoms with van der Waals surface area (Å²) in [5.41, 5.74) is 2.70. The van der Waals surface area contributed by atoms with E-state index in [0.29, 0.717) is 25.7 Å². The molecule has 0 radical (unpaired) electrons. The van der Waals surface area contributed by atoms with E-state index in [1.54, 1.807) is 31.3 Å². The molecule has 0 aliphatic rings. The van der Waals surface area contributed by atoms with Gasteiger partial charge in [-0.3, -0.25) is 14.9 Å². The van der Waals surface area contributed by atoms with Gasteiger partial charge in [0.1, 0.15) is 5.82 Å². The largest absolute Gasteiger partial charge is 0.359 e. The molecule has 0 spiro atoms. The van der Waals surface area contributed by atoms with Gasteiger partial charge in [-0.25, -0.2) is 4.39 Å². The zero-order valence-electron chi connectivity index (χ0n) is 13.4. The molecule has 0 unspecified atom stereocenters. The Balaban J connectivity index is 2.20. The second-order valence-electron chi connectivity index (χ2n) is 5.54. The quantitative estimate of drug-likeness (QED) is 0.625. The van der Waals surface area contributed by atoms with Crippen molar-refractivity contribution in [3.63, 3.8) is 0 Å². The van der Waals surface area contributed by atoms with E-state index in [2.05, 4.69) is 5.32 Å². The van der Waals surface area contributed by atoms with Crippen molar-refractivity contribution in [1.82, 2.24) is 5.32 Å². The van der Waals surface area contributed by atoms with Crippen molar-refractivity contribution in [2.75, 3.05) is 7.05 Å². The fourth-order valence-electron chi connectivity index (χ4n) is 2.52. The molecule has 0 aliphatic heterocycles. The highest BCUT2D eigenvalue weighted by Gasteiger charge is 2.12. The van der Waals surface area contributed by atoms with Crippen molar-refractivity contribution < 1.29 is 14.1 Å². The molecule has 0 saturated heterocycles. The van der Waals surface area contributed by atoms with Crippen LogP contribution in [0.5, 0.6) is 0 Å². The van der Waals surface area contributed by atoms with Crippen molar-refractivity contribution in [1.29, 1.82) is 0 Å². The Hall–Kier alpha value is -2.76. The highest BCUT2D eigenvalue weighted by molar-refractivity contribution is 5.75. The minimum Gasteiger partial charge on any atom is -0.359 e.